The SMILES string of the molecule is C[C@@H](Sc1ccc2ccccc2n1)C(=O)N(C)Cc1ccccc1. The molecular weight excluding hydrogens is 316 g/mol. The minimum absolute atomic E-state index is 0.110. The van der Waals surface area contributed by atoms with E-state index in [0.717, 1.165) is 21.5 Å². The van der Waals surface area contributed by atoms with Crippen molar-refractivity contribution < 1.29 is 4.79 Å². The van der Waals surface area contributed by atoms with Crippen LogP contribution in [0.5, 0.6) is 0 Å². The summed E-state index contributed by atoms with van der Waals surface area (Å²) in [5.41, 5.74) is 2.09. The predicted molar refractivity (Wildman–Crippen MR) is 100.0 cm³/mol. The Hall–Kier alpha value is -2.33. The Morgan fingerprint density at radius 3 is 2.54 bits per heavy atom. The molecule has 0 saturated heterocycles. The average Bonchev–Trinajstić information content (AvgIpc) is 2.61. The van der Waals surface area contributed by atoms with E-state index in [2.05, 4.69) is 11.1 Å². The van der Waals surface area contributed by atoms with Gasteiger partial charge in [0.1, 0.15) is 0 Å². The van der Waals surface area contributed by atoms with Crippen molar-refractivity contribution in [2.75, 3.05) is 7.05 Å². The molecule has 0 N–H and O–H groups in total. The van der Waals surface area contributed by atoms with Crippen molar-refractivity contribution in [1.29, 1.82) is 0 Å². The number of fused-ring (bicyclic) bond motifs is 1. The first kappa shape index (κ1) is 16.5. The molecule has 24 heavy (non-hydrogen) atoms. The van der Waals surface area contributed by atoms with E-state index < -0.39 is 0 Å². The van der Waals surface area contributed by atoms with Crippen LogP contribution in [-0.2, 0) is 11.3 Å². The minimum atomic E-state index is -0.174. The number of thioether (sulfide) groups is 1. The maximum atomic E-state index is 12.6. The van der Waals surface area contributed by atoms with Gasteiger partial charge in [-0.05, 0) is 24.6 Å². The lowest BCUT2D eigenvalue weighted by Gasteiger charge is -2.21. The van der Waals surface area contributed by atoms with E-state index in [0.29, 0.717) is 6.54 Å². The second kappa shape index (κ2) is 7.49. The smallest absolute Gasteiger partial charge is 0.235 e. The Morgan fingerprint density at radius 1 is 1.04 bits per heavy atom. The van der Waals surface area contributed by atoms with Crippen LogP contribution in [0.4, 0.5) is 0 Å². The van der Waals surface area contributed by atoms with E-state index in [-0.39, 0.29) is 11.2 Å². The lowest BCUT2D eigenvalue weighted by molar-refractivity contribution is -0.129. The van der Waals surface area contributed by atoms with Gasteiger partial charge in [-0.1, -0.05) is 66.4 Å². The van der Waals surface area contributed by atoms with Crippen molar-refractivity contribution in [2.45, 2.75) is 23.7 Å². The van der Waals surface area contributed by atoms with Gasteiger partial charge < -0.3 is 4.90 Å². The molecule has 3 nitrogen and oxygen atoms in total. The standard InChI is InChI=1S/C20H20N2OS/c1-15(20(23)22(2)14-16-8-4-3-5-9-16)24-19-13-12-17-10-6-7-11-18(17)21-19/h3-13,15H,14H2,1-2H3/t15-/m1/s1. The molecule has 0 spiro atoms. The predicted octanol–water partition coefficient (Wildman–Crippen LogP) is 4.37. The molecular formula is C20H20N2OS. The van der Waals surface area contributed by atoms with Crippen LogP contribution in [0, 0.1) is 0 Å². The van der Waals surface area contributed by atoms with E-state index >= 15 is 0 Å². The number of pyridine rings is 1. The first-order valence-electron chi connectivity index (χ1n) is 7.95. The molecule has 3 rings (SSSR count). The van der Waals surface area contributed by atoms with Crippen LogP contribution in [0.1, 0.15) is 12.5 Å². The number of aromatic nitrogens is 1. The van der Waals surface area contributed by atoms with E-state index in [4.69, 9.17) is 0 Å². The highest BCUT2D eigenvalue weighted by molar-refractivity contribution is 8.00. The molecule has 2 aromatic carbocycles. The molecule has 0 fully saturated rings. The molecule has 0 radical (unpaired) electrons. The van der Waals surface area contributed by atoms with Crippen molar-refractivity contribution in [3.05, 3.63) is 72.3 Å². The Balaban J connectivity index is 1.66. The summed E-state index contributed by atoms with van der Waals surface area (Å²) in [5.74, 6) is 0.110. The minimum Gasteiger partial charge on any atom is -0.340 e. The third kappa shape index (κ3) is 3.95. The molecule has 4 heteroatoms. The van der Waals surface area contributed by atoms with Crippen LogP contribution in [0.15, 0.2) is 71.8 Å². The van der Waals surface area contributed by atoms with Gasteiger partial charge in [-0.2, -0.15) is 0 Å². The maximum absolute atomic E-state index is 12.6. The van der Waals surface area contributed by atoms with Crippen LogP contribution >= 0.6 is 11.8 Å². The molecule has 0 saturated carbocycles. The largest absolute Gasteiger partial charge is 0.340 e. The third-order valence-corrected chi connectivity index (χ3v) is 4.88. The molecule has 0 aliphatic heterocycles. The number of hydrogen-bond acceptors (Lipinski definition) is 3. The fourth-order valence-corrected chi connectivity index (χ4v) is 3.53. The fraction of sp³-hybridized carbons (Fsp3) is 0.200. The van der Waals surface area contributed by atoms with Gasteiger partial charge in [0.05, 0.1) is 15.8 Å². The van der Waals surface area contributed by atoms with E-state index in [1.807, 2.05) is 74.6 Å². The summed E-state index contributed by atoms with van der Waals surface area (Å²) in [6, 6.07) is 22.1. The average molecular weight is 336 g/mol. The summed E-state index contributed by atoms with van der Waals surface area (Å²) in [4.78, 5) is 19.0. The second-order valence-electron chi connectivity index (χ2n) is 5.78. The van der Waals surface area contributed by atoms with Crippen molar-refractivity contribution >= 4 is 28.6 Å². The molecule has 1 atom stereocenters. The van der Waals surface area contributed by atoms with Crippen molar-refractivity contribution in [3.8, 4) is 0 Å². The zero-order valence-corrected chi connectivity index (χ0v) is 14.7. The van der Waals surface area contributed by atoms with Gasteiger partial charge in [0, 0.05) is 19.0 Å². The molecule has 0 unspecified atom stereocenters. The topological polar surface area (TPSA) is 33.2 Å². The number of hydrogen-bond donors (Lipinski definition) is 0. The van der Waals surface area contributed by atoms with Gasteiger partial charge >= 0.3 is 0 Å². The van der Waals surface area contributed by atoms with E-state index in [9.17, 15) is 4.79 Å². The van der Waals surface area contributed by atoms with Gasteiger partial charge in [-0.15, -0.1) is 0 Å². The first-order valence-corrected chi connectivity index (χ1v) is 8.83. The Labute approximate surface area is 146 Å². The van der Waals surface area contributed by atoms with Crippen LogP contribution < -0.4 is 0 Å². The lowest BCUT2D eigenvalue weighted by atomic mass is 10.2. The number of benzene rings is 2. The number of amides is 1. The third-order valence-electron chi connectivity index (χ3n) is 3.86. The number of para-hydroxylation sites is 1. The molecule has 1 heterocycles. The van der Waals surface area contributed by atoms with Gasteiger partial charge in [-0.3, -0.25) is 4.79 Å². The van der Waals surface area contributed by atoms with Crippen molar-refractivity contribution in [3.63, 3.8) is 0 Å². The van der Waals surface area contributed by atoms with Crippen LogP contribution in [0.25, 0.3) is 10.9 Å². The van der Waals surface area contributed by atoms with Gasteiger partial charge in [0.15, 0.2) is 0 Å². The molecule has 1 amide bonds. The quantitative estimate of drug-likeness (QED) is 0.649. The zero-order valence-electron chi connectivity index (χ0n) is 13.8. The monoisotopic (exact) mass is 336 g/mol. The highest BCUT2D eigenvalue weighted by Gasteiger charge is 2.19. The molecule has 1 aromatic heterocycles. The molecule has 0 aliphatic rings. The molecule has 3 aromatic rings. The van der Waals surface area contributed by atoms with Crippen LogP contribution in [-0.4, -0.2) is 28.1 Å². The molecule has 122 valence electrons. The van der Waals surface area contributed by atoms with Gasteiger partial charge in [-0.25, -0.2) is 4.98 Å². The fourth-order valence-electron chi connectivity index (χ4n) is 2.59. The number of rotatable bonds is 5. The Kier molecular flexibility index (Phi) is 5.16. The zero-order chi connectivity index (χ0) is 16.9. The molecule has 0 bridgehead atoms. The summed E-state index contributed by atoms with van der Waals surface area (Å²) in [6.07, 6.45) is 0. The highest BCUT2D eigenvalue weighted by Crippen LogP contribution is 2.25. The van der Waals surface area contributed by atoms with Gasteiger partial charge in [0.2, 0.25) is 5.91 Å². The normalized spacial score (nSPS) is 12.1. The summed E-state index contributed by atoms with van der Waals surface area (Å²) in [7, 11) is 1.85. The van der Waals surface area contributed by atoms with Crippen molar-refractivity contribution in [2.24, 2.45) is 0 Å². The van der Waals surface area contributed by atoms with E-state index in [1.54, 1.807) is 4.90 Å². The number of nitrogens with zero attached hydrogens (tertiary/aromatic N) is 2. The summed E-state index contributed by atoms with van der Waals surface area (Å²) in [5, 5.41) is 1.82. The Bertz CT molecular complexity index is 835. The molecule has 0 aliphatic carbocycles. The van der Waals surface area contributed by atoms with E-state index in [1.165, 1.54) is 11.8 Å². The number of carbonyl (C=O) groups is 1. The maximum Gasteiger partial charge on any atom is 0.235 e. The summed E-state index contributed by atoms with van der Waals surface area (Å²) >= 11 is 1.50. The summed E-state index contributed by atoms with van der Waals surface area (Å²) in [6.45, 7) is 2.56. The number of carbonyl (C=O) groups excluding carboxylic acids is 1. The Morgan fingerprint density at radius 2 is 1.75 bits per heavy atom. The summed E-state index contributed by atoms with van der Waals surface area (Å²) < 4.78 is 0. The highest BCUT2D eigenvalue weighted by atomic mass is 32.2. The van der Waals surface area contributed by atoms with Crippen LogP contribution in [0.3, 0.4) is 0 Å². The first-order chi connectivity index (χ1) is 11.6. The van der Waals surface area contributed by atoms with Crippen molar-refractivity contribution in [1.82, 2.24) is 9.88 Å². The van der Waals surface area contributed by atoms with Crippen LogP contribution in [0.2, 0.25) is 0 Å². The second-order valence-corrected chi connectivity index (χ2v) is 7.14. The lowest BCUT2D eigenvalue weighted by Crippen LogP contribution is -2.32. The van der Waals surface area contributed by atoms with Gasteiger partial charge in [0.25, 0.3) is 0 Å².